The van der Waals surface area contributed by atoms with Crippen molar-refractivity contribution in [1.29, 1.82) is 0 Å². The van der Waals surface area contributed by atoms with Crippen molar-refractivity contribution < 1.29 is 8.42 Å². The Labute approximate surface area is 116 Å². The van der Waals surface area contributed by atoms with Crippen LogP contribution in [0.2, 0.25) is 0 Å². The van der Waals surface area contributed by atoms with Crippen LogP contribution in [0.25, 0.3) is 0 Å². The van der Waals surface area contributed by atoms with E-state index in [1.165, 1.54) is 11.3 Å². The van der Waals surface area contributed by atoms with Crippen LogP contribution in [0.15, 0.2) is 22.7 Å². The first-order valence-corrected chi connectivity index (χ1v) is 8.75. The lowest BCUT2D eigenvalue weighted by Crippen LogP contribution is -2.40. The molecule has 5 heteroatoms. The van der Waals surface area contributed by atoms with Crippen LogP contribution in [0.3, 0.4) is 0 Å². The predicted octanol–water partition coefficient (Wildman–Crippen LogP) is 2.35. The minimum Gasteiger partial charge on any atom is -0.373 e. The lowest BCUT2D eigenvalue weighted by Gasteiger charge is -2.33. The maximum atomic E-state index is 11.6. The monoisotopic (exact) mass is 329 g/mol. The van der Waals surface area contributed by atoms with Gasteiger partial charge in [0.2, 0.25) is 0 Å². The van der Waals surface area contributed by atoms with Crippen LogP contribution < -0.4 is 4.90 Å². The van der Waals surface area contributed by atoms with E-state index in [1.807, 2.05) is 0 Å². The van der Waals surface area contributed by atoms with Crippen LogP contribution in [0, 0.1) is 0 Å². The van der Waals surface area contributed by atoms with Crippen LogP contribution >= 0.6 is 15.9 Å². The van der Waals surface area contributed by atoms with E-state index in [2.05, 4.69) is 46.1 Å². The van der Waals surface area contributed by atoms with Crippen molar-refractivity contribution in [2.45, 2.75) is 18.3 Å². The first-order chi connectivity index (χ1) is 8.42. The largest absolute Gasteiger partial charge is 0.373 e. The van der Waals surface area contributed by atoms with Crippen molar-refractivity contribution in [1.82, 2.24) is 0 Å². The number of nitrogens with zero attached hydrogens (tertiary/aromatic N) is 1. The van der Waals surface area contributed by atoms with E-state index in [0.717, 1.165) is 23.9 Å². The molecular formula is C13H16BrNO2S. The normalized spacial score (nSPS) is 24.2. The van der Waals surface area contributed by atoms with Gasteiger partial charge in [0.25, 0.3) is 0 Å². The van der Waals surface area contributed by atoms with Crippen molar-refractivity contribution in [3.8, 4) is 0 Å². The summed E-state index contributed by atoms with van der Waals surface area (Å²) in [7, 11) is -0.716. The summed E-state index contributed by atoms with van der Waals surface area (Å²) >= 11 is 3.50. The molecule has 18 heavy (non-hydrogen) atoms. The fraction of sp³-hybridized carbons (Fsp3) is 0.538. The summed E-state index contributed by atoms with van der Waals surface area (Å²) in [6, 6.07) is 6.34. The van der Waals surface area contributed by atoms with Crippen LogP contribution in [0.1, 0.15) is 18.4 Å². The number of anilines is 1. The second kappa shape index (κ2) is 3.97. The summed E-state index contributed by atoms with van der Waals surface area (Å²) in [5.41, 5.74) is 2.61. The number of hydrogen-bond donors (Lipinski definition) is 0. The van der Waals surface area contributed by atoms with Crippen molar-refractivity contribution in [3.63, 3.8) is 0 Å². The molecule has 0 aliphatic carbocycles. The van der Waals surface area contributed by atoms with E-state index >= 15 is 0 Å². The summed E-state index contributed by atoms with van der Waals surface area (Å²) in [4.78, 5) is 2.25. The lowest BCUT2D eigenvalue weighted by atomic mass is 9.77. The van der Waals surface area contributed by atoms with Crippen LogP contribution in [0.4, 0.5) is 5.69 Å². The number of sulfone groups is 1. The molecule has 0 aromatic heterocycles. The Morgan fingerprint density at radius 2 is 1.94 bits per heavy atom. The highest BCUT2D eigenvalue weighted by atomic mass is 79.9. The standard InChI is InChI=1S/C13H16BrNO2S/c1-15-9-13(4-6-18(16,17)7-5-13)11-3-2-10(14)8-12(11)15/h2-3,8H,4-7,9H2,1H3. The summed E-state index contributed by atoms with van der Waals surface area (Å²) in [5, 5.41) is 0. The van der Waals surface area contributed by atoms with Gasteiger partial charge in [-0.1, -0.05) is 22.0 Å². The van der Waals surface area contributed by atoms with E-state index in [0.29, 0.717) is 11.5 Å². The van der Waals surface area contributed by atoms with Crippen molar-refractivity contribution in [2.75, 3.05) is 30.0 Å². The van der Waals surface area contributed by atoms with Gasteiger partial charge in [0.05, 0.1) is 11.5 Å². The van der Waals surface area contributed by atoms with Gasteiger partial charge < -0.3 is 4.90 Å². The van der Waals surface area contributed by atoms with E-state index < -0.39 is 9.84 Å². The summed E-state index contributed by atoms with van der Waals surface area (Å²) in [5.74, 6) is 0.659. The molecule has 0 amide bonds. The average molecular weight is 330 g/mol. The Kier molecular flexibility index (Phi) is 2.75. The molecule has 0 bridgehead atoms. The van der Waals surface area contributed by atoms with Crippen LogP contribution in [-0.4, -0.2) is 33.5 Å². The van der Waals surface area contributed by atoms with Gasteiger partial charge in [-0.3, -0.25) is 0 Å². The Bertz CT molecular complexity index is 583. The molecule has 0 saturated carbocycles. The number of halogens is 1. The summed E-state index contributed by atoms with van der Waals surface area (Å²) in [6.45, 7) is 0.939. The highest BCUT2D eigenvalue weighted by Crippen LogP contribution is 2.47. The SMILES string of the molecule is CN1CC2(CCS(=O)(=O)CC2)c2ccc(Br)cc21. The zero-order valence-corrected chi connectivity index (χ0v) is 12.7. The molecule has 0 unspecified atom stereocenters. The van der Waals surface area contributed by atoms with Gasteiger partial charge in [0.15, 0.2) is 0 Å². The summed E-state index contributed by atoms with van der Waals surface area (Å²) < 4.78 is 24.3. The lowest BCUT2D eigenvalue weighted by molar-refractivity contribution is 0.407. The molecule has 3 nitrogen and oxygen atoms in total. The van der Waals surface area contributed by atoms with Gasteiger partial charge in [-0.15, -0.1) is 0 Å². The van der Waals surface area contributed by atoms with Crippen LogP contribution in [-0.2, 0) is 15.3 Å². The fourth-order valence-corrected chi connectivity index (χ4v) is 5.21. The van der Waals surface area contributed by atoms with Gasteiger partial charge in [0, 0.05) is 29.2 Å². The van der Waals surface area contributed by atoms with Gasteiger partial charge in [-0.25, -0.2) is 8.42 Å². The predicted molar refractivity (Wildman–Crippen MR) is 77.0 cm³/mol. The first-order valence-electron chi connectivity index (χ1n) is 6.14. The Morgan fingerprint density at radius 3 is 2.61 bits per heavy atom. The molecule has 1 fully saturated rings. The third kappa shape index (κ3) is 1.88. The van der Waals surface area contributed by atoms with Crippen LogP contribution in [0.5, 0.6) is 0 Å². The first kappa shape index (κ1) is 12.5. The number of hydrogen-bond acceptors (Lipinski definition) is 3. The van der Waals surface area contributed by atoms with Crippen molar-refractivity contribution in [3.05, 3.63) is 28.2 Å². The molecule has 1 aromatic carbocycles. The third-order valence-electron chi connectivity index (χ3n) is 4.27. The highest BCUT2D eigenvalue weighted by molar-refractivity contribution is 9.10. The topological polar surface area (TPSA) is 37.4 Å². The zero-order valence-electron chi connectivity index (χ0n) is 10.3. The maximum absolute atomic E-state index is 11.6. The smallest absolute Gasteiger partial charge is 0.150 e. The Hall–Kier alpha value is -0.550. The molecule has 1 aromatic rings. The number of rotatable bonds is 0. The average Bonchev–Trinajstić information content (AvgIpc) is 2.57. The van der Waals surface area contributed by atoms with Gasteiger partial charge >= 0.3 is 0 Å². The van der Waals surface area contributed by atoms with E-state index in [1.54, 1.807) is 0 Å². The van der Waals surface area contributed by atoms with E-state index in [9.17, 15) is 8.42 Å². The van der Waals surface area contributed by atoms with Gasteiger partial charge in [0.1, 0.15) is 9.84 Å². The van der Waals surface area contributed by atoms with E-state index in [-0.39, 0.29) is 5.41 Å². The molecule has 2 aliphatic rings. The molecule has 2 aliphatic heterocycles. The molecule has 0 radical (unpaired) electrons. The molecule has 1 spiro atoms. The molecular weight excluding hydrogens is 314 g/mol. The molecule has 1 saturated heterocycles. The second-order valence-corrected chi connectivity index (χ2v) is 8.67. The minimum atomic E-state index is -2.80. The quantitative estimate of drug-likeness (QED) is 0.733. The molecule has 3 rings (SSSR count). The van der Waals surface area contributed by atoms with Crippen molar-refractivity contribution in [2.24, 2.45) is 0 Å². The Balaban J connectivity index is 2.03. The van der Waals surface area contributed by atoms with Gasteiger partial charge in [-0.2, -0.15) is 0 Å². The second-order valence-electron chi connectivity index (χ2n) is 5.45. The molecule has 98 valence electrons. The molecule has 0 atom stereocenters. The highest BCUT2D eigenvalue weighted by Gasteiger charge is 2.45. The third-order valence-corrected chi connectivity index (χ3v) is 6.41. The van der Waals surface area contributed by atoms with Crippen molar-refractivity contribution >= 4 is 31.5 Å². The fourth-order valence-electron chi connectivity index (χ4n) is 3.25. The number of likely N-dealkylation sites (N-methyl/N-ethyl adjacent to an activating group) is 1. The van der Waals surface area contributed by atoms with Gasteiger partial charge in [-0.05, 0) is 30.5 Å². The molecule has 2 heterocycles. The Morgan fingerprint density at radius 1 is 1.28 bits per heavy atom. The van der Waals surface area contributed by atoms with E-state index in [4.69, 9.17) is 0 Å². The zero-order chi connectivity index (χ0) is 13.0. The number of benzene rings is 1. The maximum Gasteiger partial charge on any atom is 0.150 e. The molecule has 0 N–H and O–H groups in total. The number of fused-ring (bicyclic) bond motifs is 2. The summed E-state index contributed by atoms with van der Waals surface area (Å²) in [6.07, 6.45) is 1.52. The minimum absolute atomic E-state index is 0.0517.